The zero-order chi connectivity index (χ0) is 9.14. The van der Waals surface area contributed by atoms with Gasteiger partial charge in [-0.05, 0) is 13.3 Å². The summed E-state index contributed by atoms with van der Waals surface area (Å²) >= 11 is 1.49. The second-order valence-electron chi connectivity index (χ2n) is 2.59. The Bertz CT molecular complexity index is 282. The summed E-state index contributed by atoms with van der Waals surface area (Å²) in [5, 5.41) is 11.5. The summed E-state index contributed by atoms with van der Waals surface area (Å²) in [7, 11) is 0. The Morgan fingerprint density at radius 1 is 1.83 bits per heavy atom. The van der Waals surface area contributed by atoms with Gasteiger partial charge in [0.2, 0.25) is 0 Å². The third-order valence-corrected chi connectivity index (χ3v) is 2.49. The standard InChI is InChI=1S/C8H11NO2S/c1-3-6(8(10)11)7-4-12-5(2)9-7/h4,6H,3H2,1-2H3,(H,10,11). The van der Waals surface area contributed by atoms with E-state index in [4.69, 9.17) is 5.11 Å². The summed E-state index contributed by atoms with van der Waals surface area (Å²) in [5.41, 5.74) is 0.688. The lowest BCUT2D eigenvalue weighted by Crippen LogP contribution is -2.10. The monoisotopic (exact) mass is 185 g/mol. The Hall–Kier alpha value is -0.900. The number of carbonyl (C=O) groups is 1. The van der Waals surface area contributed by atoms with Crippen molar-refractivity contribution in [2.75, 3.05) is 0 Å². The van der Waals surface area contributed by atoms with Gasteiger partial charge in [0.25, 0.3) is 0 Å². The first-order chi connectivity index (χ1) is 5.65. The van der Waals surface area contributed by atoms with Gasteiger partial charge in [0.1, 0.15) is 0 Å². The average molecular weight is 185 g/mol. The molecule has 3 nitrogen and oxygen atoms in total. The van der Waals surface area contributed by atoms with Crippen molar-refractivity contribution in [1.29, 1.82) is 0 Å². The van der Waals surface area contributed by atoms with Gasteiger partial charge >= 0.3 is 5.97 Å². The van der Waals surface area contributed by atoms with E-state index in [1.165, 1.54) is 11.3 Å². The first-order valence-corrected chi connectivity index (χ1v) is 4.68. The molecule has 4 heteroatoms. The molecule has 1 heterocycles. The largest absolute Gasteiger partial charge is 0.481 e. The van der Waals surface area contributed by atoms with Gasteiger partial charge in [0.15, 0.2) is 0 Å². The SMILES string of the molecule is CCC(C(=O)O)c1csc(C)n1. The van der Waals surface area contributed by atoms with Crippen LogP contribution in [-0.2, 0) is 4.79 Å². The van der Waals surface area contributed by atoms with Crippen molar-refractivity contribution in [1.82, 2.24) is 4.98 Å². The maximum Gasteiger partial charge on any atom is 0.312 e. The fourth-order valence-electron chi connectivity index (χ4n) is 1.05. The van der Waals surface area contributed by atoms with E-state index in [1.54, 1.807) is 0 Å². The van der Waals surface area contributed by atoms with Gasteiger partial charge in [-0.2, -0.15) is 0 Å². The van der Waals surface area contributed by atoms with Crippen LogP contribution in [0.2, 0.25) is 0 Å². The van der Waals surface area contributed by atoms with Crippen molar-refractivity contribution in [3.63, 3.8) is 0 Å². The zero-order valence-corrected chi connectivity index (χ0v) is 7.89. The number of aryl methyl sites for hydroxylation is 1. The molecule has 0 fully saturated rings. The molecular weight excluding hydrogens is 174 g/mol. The topological polar surface area (TPSA) is 50.2 Å². The summed E-state index contributed by atoms with van der Waals surface area (Å²) in [6, 6.07) is 0. The number of carboxylic acids is 1. The van der Waals surface area contributed by atoms with E-state index in [1.807, 2.05) is 19.2 Å². The van der Waals surface area contributed by atoms with Crippen molar-refractivity contribution in [3.05, 3.63) is 16.1 Å². The van der Waals surface area contributed by atoms with Crippen LogP contribution in [0, 0.1) is 6.92 Å². The van der Waals surface area contributed by atoms with E-state index in [-0.39, 0.29) is 0 Å². The van der Waals surface area contributed by atoms with Crippen LogP contribution in [0.5, 0.6) is 0 Å². The average Bonchev–Trinajstić information content (AvgIpc) is 2.37. The minimum Gasteiger partial charge on any atom is -0.481 e. The van der Waals surface area contributed by atoms with Crippen LogP contribution in [0.15, 0.2) is 5.38 Å². The van der Waals surface area contributed by atoms with Gasteiger partial charge in [-0.1, -0.05) is 6.92 Å². The van der Waals surface area contributed by atoms with Crippen molar-refractivity contribution >= 4 is 17.3 Å². The molecular formula is C8H11NO2S. The maximum absolute atomic E-state index is 10.7. The molecule has 0 amide bonds. The molecule has 1 unspecified atom stereocenters. The molecule has 0 bridgehead atoms. The van der Waals surface area contributed by atoms with Gasteiger partial charge in [-0.25, -0.2) is 4.98 Å². The predicted octanol–water partition coefficient (Wildman–Crippen LogP) is 2.03. The Morgan fingerprint density at radius 3 is 2.83 bits per heavy atom. The Morgan fingerprint density at radius 2 is 2.50 bits per heavy atom. The smallest absolute Gasteiger partial charge is 0.312 e. The van der Waals surface area contributed by atoms with Gasteiger partial charge < -0.3 is 5.11 Å². The second-order valence-corrected chi connectivity index (χ2v) is 3.65. The van der Waals surface area contributed by atoms with Crippen LogP contribution in [0.25, 0.3) is 0 Å². The summed E-state index contributed by atoms with van der Waals surface area (Å²) in [5.74, 6) is -1.22. The molecule has 0 spiro atoms. The fraction of sp³-hybridized carbons (Fsp3) is 0.500. The summed E-state index contributed by atoms with van der Waals surface area (Å²) in [6.45, 7) is 3.73. The first-order valence-electron chi connectivity index (χ1n) is 3.80. The number of nitrogens with zero attached hydrogens (tertiary/aromatic N) is 1. The van der Waals surface area contributed by atoms with Crippen molar-refractivity contribution < 1.29 is 9.90 Å². The lowest BCUT2D eigenvalue weighted by molar-refractivity contribution is -0.138. The van der Waals surface area contributed by atoms with Gasteiger partial charge in [-0.3, -0.25) is 4.79 Å². The van der Waals surface area contributed by atoms with Crippen molar-refractivity contribution in [2.24, 2.45) is 0 Å². The molecule has 0 radical (unpaired) electrons. The summed E-state index contributed by atoms with van der Waals surface area (Å²) in [4.78, 5) is 14.8. The summed E-state index contributed by atoms with van der Waals surface area (Å²) < 4.78 is 0. The second kappa shape index (κ2) is 3.67. The predicted molar refractivity (Wildman–Crippen MR) is 47.5 cm³/mol. The molecule has 12 heavy (non-hydrogen) atoms. The van der Waals surface area contributed by atoms with E-state index in [0.29, 0.717) is 12.1 Å². The quantitative estimate of drug-likeness (QED) is 0.783. The molecule has 0 saturated carbocycles. The highest BCUT2D eigenvalue weighted by Crippen LogP contribution is 2.21. The molecule has 1 aromatic rings. The van der Waals surface area contributed by atoms with Crippen LogP contribution in [0.1, 0.15) is 30.0 Å². The Kier molecular flexibility index (Phi) is 2.81. The zero-order valence-electron chi connectivity index (χ0n) is 7.07. The molecule has 1 N–H and O–H groups in total. The lowest BCUT2D eigenvalue weighted by atomic mass is 10.0. The van der Waals surface area contributed by atoms with Crippen LogP contribution < -0.4 is 0 Å². The number of hydrogen-bond donors (Lipinski definition) is 1. The summed E-state index contributed by atoms with van der Waals surface area (Å²) in [6.07, 6.45) is 0.596. The van der Waals surface area contributed by atoms with Crippen LogP contribution in [-0.4, -0.2) is 16.1 Å². The first kappa shape index (κ1) is 9.19. The highest BCUT2D eigenvalue weighted by molar-refractivity contribution is 7.09. The molecule has 66 valence electrons. The normalized spacial score (nSPS) is 12.8. The van der Waals surface area contributed by atoms with E-state index in [0.717, 1.165) is 5.01 Å². The number of thiazole rings is 1. The lowest BCUT2D eigenvalue weighted by Gasteiger charge is -2.04. The maximum atomic E-state index is 10.7. The van der Waals surface area contributed by atoms with Crippen LogP contribution >= 0.6 is 11.3 Å². The third-order valence-electron chi connectivity index (χ3n) is 1.70. The highest BCUT2D eigenvalue weighted by atomic mass is 32.1. The molecule has 1 aromatic heterocycles. The molecule has 1 atom stereocenters. The van der Waals surface area contributed by atoms with E-state index < -0.39 is 11.9 Å². The van der Waals surface area contributed by atoms with Gasteiger partial charge in [0.05, 0.1) is 16.6 Å². The van der Waals surface area contributed by atoms with Gasteiger partial charge in [0, 0.05) is 5.38 Å². The molecule has 0 aliphatic heterocycles. The number of hydrogen-bond acceptors (Lipinski definition) is 3. The van der Waals surface area contributed by atoms with Crippen LogP contribution in [0.3, 0.4) is 0 Å². The molecule has 1 rings (SSSR count). The van der Waals surface area contributed by atoms with Crippen LogP contribution in [0.4, 0.5) is 0 Å². The number of aromatic nitrogens is 1. The highest BCUT2D eigenvalue weighted by Gasteiger charge is 2.19. The molecule has 0 aromatic carbocycles. The molecule has 0 saturated heterocycles. The Labute approximate surface area is 75.1 Å². The van der Waals surface area contributed by atoms with E-state index in [2.05, 4.69) is 4.98 Å². The minimum absolute atomic E-state index is 0.435. The van der Waals surface area contributed by atoms with Crippen molar-refractivity contribution in [3.8, 4) is 0 Å². The van der Waals surface area contributed by atoms with Gasteiger partial charge in [-0.15, -0.1) is 11.3 Å². The molecule has 0 aliphatic carbocycles. The number of rotatable bonds is 3. The van der Waals surface area contributed by atoms with E-state index >= 15 is 0 Å². The minimum atomic E-state index is -0.789. The Balaban J connectivity index is 2.87. The molecule has 0 aliphatic rings. The number of aliphatic carboxylic acids is 1. The third kappa shape index (κ3) is 1.82. The fourth-order valence-corrected chi connectivity index (χ4v) is 1.72. The number of carboxylic acid groups (broad SMARTS) is 1. The van der Waals surface area contributed by atoms with Crippen molar-refractivity contribution in [2.45, 2.75) is 26.2 Å². The van der Waals surface area contributed by atoms with E-state index in [9.17, 15) is 4.79 Å².